The van der Waals surface area contributed by atoms with Gasteiger partial charge in [-0.05, 0) is 25.7 Å². The lowest BCUT2D eigenvalue weighted by Gasteiger charge is -2.34. The molecule has 0 unspecified atom stereocenters. The van der Waals surface area contributed by atoms with Gasteiger partial charge in [0.1, 0.15) is 13.1 Å². The number of carboxylic acids is 1. The molecule has 0 fully saturated rings. The van der Waals surface area contributed by atoms with E-state index in [4.69, 9.17) is 5.11 Å². The van der Waals surface area contributed by atoms with Crippen LogP contribution >= 0.6 is 0 Å². The third-order valence-electron chi connectivity index (χ3n) is 2.52. The Morgan fingerprint density at radius 2 is 2.10 bits per heavy atom. The highest BCUT2D eigenvalue weighted by Crippen LogP contribution is 2.14. The van der Waals surface area contributed by atoms with E-state index in [1.807, 2.05) is 0 Å². The molecular formula is C11H16N4O5. The summed E-state index contributed by atoms with van der Waals surface area (Å²) < 4.78 is 1.11. The lowest BCUT2D eigenvalue weighted by atomic mass is 10.1. The lowest BCUT2D eigenvalue weighted by Crippen LogP contribution is -2.49. The summed E-state index contributed by atoms with van der Waals surface area (Å²) in [4.78, 5) is 33.9. The van der Waals surface area contributed by atoms with Gasteiger partial charge in [-0.2, -0.15) is 4.68 Å². The number of hydrogen-bond donors (Lipinski definition) is 1. The molecule has 9 nitrogen and oxygen atoms in total. The molecule has 1 N–H and O–H groups in total. The molecular weight excluding hydrogens is 268 g/mol. The average molecular weight is 284 g/mol. The maximum Gasteiger partial charge on any atom is 0.389 e. The van der Waals surface area contributed by atoms with Crippen molar-refractivity contribution in [1.29, 1.82) is 0 Å². The van der Waals surface area contributed by atoms with Gasteiger partial charge in [0.2, 0.25) is 5.91 Å². The Morgan fingerprint density at radius 3 is 2.50 bits per heavy atom. The van der Waals surface area contributed by atoms with Crippen LogP contribution in [0.5, 0.6) is 0 Å². The van der Waals surface area contributed by atoms with Crippen molar-refractivity contribution in [3.63, 3.8) is 0 Å². The molecule has 0 spiro atoms. The molecule has 1 heterocycles. The predicted octanol–water partition coefficient (Wildman–Crippen LogP) is 0.503. The molecule has 110 valence electrons. The number of nitrogens with zero attached hydrogens (tertiary/aromatic N) is 4. The fourth-order valence-corrected chi connectivity index (χ4v) is 1.60. The van der Waals surface area contributed by atoms with Gasteiger partial charge in [0.15, 0.2) is 0 Å². The van der Waals surface area contributed by atoms with Crippen LogP contribution in [-0.2, 0) is 16.1 Å². The summed E-state index contributed by atoms with van der Waals surface area (Å²) in [5, 5.41) is 22.9. The van der Waals surface area contributed by atoms with Crippen molar-refractivity contribution >= 4 is 17.7 Å². The van der Waals surface area contributed by atoms with Gasteiger partial charge in [-0.15, -0.1) is 0 Å². The number of hydrogen-bond acceptors (Lipinski definition) is 5. The summed E-state index contributed by atoms with van der Waals surface area (Å²) >= 11 is 0. The second-order valence-corrected chi connectivity index (χ2v) is 5.17. The maximum absolute atomic E-state index is 12.1. The molecule has 0 aliphatic heterocycles. The average Bonchev–Trinajstić information content (AvgIpc) is 2.72. The van der Waals surface area contributed by atoms with E-state index in [2.05, 4.69) is 5.10 Å². The van der Waals surface area contributed by atoms with E-state index in [-0.39, 0.29) is 12.4 Å². The van der Waals surface area contributed by atoms with E-state index in [0.29, 0.717) is 0 Å². The number of amides is 1. The van der Waals surface area contributed by atoms with Gasteiger partial charge in [-0.3, -0.25) is 9.59 Å². The highest BCUT2D eigenvalue weighted by atomic mass is 16.6. The summed E-state index contributed by atoms with van der Waals surface area (Å²) in [6, 6.07) is 1.17. The van der Waals surface area contributed by atoms with Gasteiger partial charge in [-0.25, -0.2) is 0 Å². The number of aliphatic carboxylic acids is 1. The molecule has 9 heteroatoms. The molecule has 0 aliphatic rings. The molecule has 0 atom stereocenters. The number of carbonyl (C=O) groups is 2. The topological polar surface area (TPSA) is 119 Å². The molecule has 0 aliphatic carbocycles. The monoisotopic (exact) mass is 284 g/mol. The molecule has 1 rings (SSSR count). The molecule has 1 aromatic heterocycles. The van der Waals surface area contributed by atoms with Gasteiger partial charge in [0.05, 0.1) is 17.4 Å². The van der Waals surface area contributed by atoms with Crippen LogP contribution < -0.4 is 0 Å². The fourth-order valence-electron chi connectivity index (χ4n) is 1.60. The van der Waals surface area contributed by atoms with Crippen LogP contribution in [0.15, 0.2) is 12.3 Å². The molecule has 20 heavy (non-hydrogen) atoms. The highest BCUT2D eigenvalue weighted by molar-refractivity contribution is 5.81. The number of nitro groups is 1. The predicted molar refractivity (Wildman–Crippen MR) is 68.0 cm³/mol. The zero-order valence-corrected chi connectivity index (χ0v) is 11.4. The first-order valence-electron chi connectivity index (χ1n) is 5.81. The number of carbonyl (C=O) groups excluding carboxylic acids is 1. The van der Waals surface area contributed by atoms with Crippen molar-refractivity contribution < 1.29 is 19.6 Å². The minimum absolute atomic E-state index is 0.252. The summed E-state index contributed by atoms with van der Waals surface area (Å²) in [5.74, 6) is -1.96. The Balaban J connectivity index is 2.85. The standard InChI is InChI=1S/C11H16N4O5/c1-11(2,3)14(7-10(17)18)9(16)6-13-5-4-8(12-13)15(19)20/h4-5H,6-7H2,1-3H3,(H,17,18). The van der Waals surface area contributed by atoms with Crippen molar-refractivity contribution in [3.05, 3.63) is 22.4 Å². The molecule has 0 aromatic carbocycles. The minimum Gasteiger partial charge on any atom is -0.480 e. The van der Waals surface area contributed by atoms with Crippen molar-refractivity contribution in [2.45, 2.75) is 32.9 Å². The van der Waals surface area contributed by atoms with Gasteiger partial charge >= 0.3 is 11.8 Å². The van der Waals surface area contributed by atoms with Crippen molar-refractivity contribution in [3.8, 4) is 0 Å². The summed E-state index contributed by atoms with van der Waals surface area (Å²) in [7, 11) is 0. The van der Waals surface area contributed by atoms with Crippen molar-refractivity contribution in [2.75, 3.05) is 6.54 Å². The second kappa shape index (κ2) is 5.68. The van der Waals surface area contributed by atoms with E-state index >= 15 is 0 Å². The Bertz CT molecular complexity index is 531. The van der Waals surface area contributed by atoms with Crippen LogP contribution in [-0.4, -0.2) is 48.7 Å². The first-order valence-corrected chi connectivity index (χ1v) is 5.81. The highest BCUT2D eigenvalue weighted by Gasteiger charge is 2.29. The van der Waals surface area contributed by atoms with Crippen molar-refractivity contribution in [1.82, 2.24) is 14.7 Å². The van der Waals surface area contributed by atoms with Crippen LogP contribution in [0.1, 0.15) is 20.8 Å². The third kappa shape index (κ3) is 4.04. The Hall–Kier alpha value is -2.45. The molecule has 1 aromatic rings. The quantitative estimate of drug-likeness (QED) is 0.621. The zero-order chi connectivity index (χ0) is 15.5. The Labute approximate surface area is 114 Å². The molecule has 0 saturated carbocycles. The van der Waals surface area contributed by atoms with Crippen molar-refractivity contribution in [2.24, 2.45) is 0 Å². The van der Waals surface area contributed by atoms with Crippen LogP contribution in [0, 0.1) is 10.1 Å². The number of rotatable bonds is 5. The SMILES string of the molecule is CC(C)(C)N(CC(=O)O)C(=O)Cn1ccc([N+](=O)[O-])n1. The first-order chi connectivity index (χ1) is 9.11. The van der Waals surface area contributed by atoms with E-state index in [0.717, 1.165) is 4.68 Å². The van der Waals surface area contributed by atoms with Crippen LogP contribution in [0.4, 0.5) is 5.82 Å². The van der Waals surface area contributed by atoms with Gasteiger partial charge in [0, 0.05) is 5.54 Å². The summed E-state index contributed by atoms with van der Waals surface area (Å²) in [6.07, 6.45) is 1.30. The lowest BCUT2D eigenvalue weighted by molar-refractivity contribution is -0.389. The Kier molecular flexibility index (Phi) is 4.43. The normalized spacial score (nSPS) is 11.2. The van der Waals surface area contributed by atoms with Gasteiger partial charge in [0.25, 0.3) is 0 Å². The maximum atomic E-state index is 12.1. The van der Waals surface area contributed by atoms with Crippen LogP contribution in [0.2, 0.25) is 0 Å². The first kappa shape index (κ1) is 15.6. The summed E-state index contributed by atoms with van der Waals surface area (Å²) in [5.41, 5.74) is -0.672. The fraction of sp³-hybridized carbons (Fsp3) is 0.545. The van der Waals surface area contributed by atoms with Crippen LogP contribution in [0.25, 0.3) is 0 Å². The van der Waals surface area contributed by atoms with Crippen LogP contribution in [0.3, 0.4) is 0 Å². The Morgan fingerprint density at radius 1 is 1.50 bits per heavy atom. The number of aromatic nitrogens is 2. The van der Waals surface area contributed by atoms with E-state index in [1.165, 1.54) is 17.2 Å². The minimum atomic E-state index is -1.13. The third-order valence-corrected chi connectivity index (χ3v) is 2.52. The zero-order valence-electron chi connectivity index (χ0n) is 11.4. The molecule has 0 saturated heterocycles. The van der Waals surface area contributed by atoms with E-state index < -0.39 is 28.9 Å². The largest absolute Gasteiger partial charge is 0.480 e. The summed E-state index contributed by atoms with van der Waals surface area (Å²) in [6.45, 7) is 4.43. The van der Waals surface area contributed by atoms with Gasteiger partial charge in [-0.1, -0.05) is 0 Å². The molecule has 0 radical (unpaired) electrons. The van der Waals surface area contributed by atoms with Gasteiger partial charge < -0.3 is 20.1 Å². The second-order valence-electron chi connectivity index (χ2n) is 5.17. The van der Waals surface area contributed by atoms with E-state index in [9.17, 15) is 19.7 Å². The molecule has 1 amide bonds. The number of carboxylic acid groups (broad SMARTS) is 1. The van der Waals surface area contributed by atoms with E-state index in [1.54, 1.807) is 20.8 Å². The smallest absolute Gasteiger partial charge is 0.389 e. The molecule has 0 bridgehead atoms.